The SMILES string of the molecule is COC(C)[O-].COC(C)[O-].COC(C)[O-].[Pr+3]. The van der Waals surface area contributed by atoms with E-state index in [4.69, 9.17) is 0 Å². The summed E-state index contributed by atoms with van der Waals surface area (Å²) >= 11 is 0. The predicted molar refractivity (Wildman–Crippen MR) is 49.4 cm³/mol. The molecular formula is C9H21O6Pr. The predicted octanol–water partition coefficient (Wildman–Crippen LogP) is -1.98. The van der Waals surface area contributed by atoms with E-state index in [-0.39, 0.29) is 41.3 Å². The van der Waals surface area contributed by atoms with Gasteiger partial charge in [0.2, 0.25) is 0 Å². The average Bonchev–Trinajstić information content (AvgIpc) is 2.19. The molecule has 3 unspecified atom stereocenters. The van der Waals surface area contributed by atoms with Crippen LogP contribution in [-0.4, -0.2) is 40.2 Å². The van der Waals surface area contributed by atoms with Crippen LogP contribution in [0.4, 0.5) is 0 Å². The quantitative estimate of drug-likeness (QED) is 0.537. The molecule has 0 spiro atoms. The minimum absolute atomic E-state index is 0. The van der Waals surface area contributed by atoms with Crippen molar-refractivity contribution in [3.05, 3.63) is 0 Å². The van der Waals surface area contributed by atoms with E-state index in [1.165, 1.54) is 42.1 Å². The van der Waals surface area contributed by atoms with Gasteiger partial charge in [0.05, 0.1) is 0 Å². The fourth-order valence-electron chi connectivity index (χ4n) is 0. The molecule has 0 aromatic carbocycles. The van der Waals surface area contributed by atoms with Crippen LogP contribution < -0.4 is 15.3 Å². The molecule has 0 rings (SSSR count). The summed E-state index contributed by atoms with van der Waals surface area (Å²) in [4.78, 5) is 0. The van der Waals surface area contributed by atoms with Crippen molar-refractivity contribution >= 4 is 0 Å². The zero-order valence-electron chi connectivity index (χ0n) is 10.8. The van der Waals surface area contributed by atoms with Crippen molar-refractivity contribution in [2.75, 3.05) is 21.3 Å². The Bertz CT molecular complexity index is 81.0. The Morgan fingerprint density at radius 2 is 0.688 bits per heavy atom. The number of methoxy groups -OCH3 is 3. The van der Waals surface area contributed by atoms with Crippen LogP contribution in [0.2, 0.25) is 0 Å². The van der Waals surface area contributed by atoms with Gasteiger partial charge in [0.15, 0.2) is 0 Å². The van der Waals surface area contributed by atoms with Crippen LogP contribution in [0.1, 0.15) is 20.8 Å². The summed E-state index contributed by atoms with van der Waals surface area (Å²) in [6.07, 6.45) is -2.60. The van der Waals surface area contributed by atoms with E-state index in [1.807, 2.05) is 0 Å². The maximum Gasteiger partial charge on any atom is 3.00 e. The van der Waals surface area contributed by atoms with Gasteiger partial charge in [-0.3, -0.25) is 0 Å². The van der Waals surface area contributed by atoms with Crippen LogP contribution in [0.5, 0.6) is 0 Å². The molecule has 0 radical (unpaired) electrons. The van der Waals surface area contributed by atoms with Crippen LogP contribution in [0.3, 0.4) is 0 Å². The third-order valence-corrected chi connectivity index (χ3v) is 0.996. The largest absolute Gasteiger partial charge is 3.00 e. The van der Waals surface area contributed by atoms with Crippen LogP contribution >= 0.6 is 0 Å². The molecule has 0 aromatic rings. The molecule has 16 heavy (non-hydrogen) atoms. The number of rotatable bonds is 3. The topological polar surface area (TPSA) is 96.9 Å². The molecule has 0 heterocycles. The maximum atomic E-state index is 9.67. The zero-order chi connectivity index (χ0) is 12.9. The Morgan fingerprint density at radius 1 is 0.625 bits per heavy atom. The fraction of sp³-hybridized carbons (Fsp3) is 1.00. The minimum Gasteiger partial charge on any atom is -0.831 e. The number of hydrogen-bond acceptors (Lipinski definition) is 6. The van der Waals surface area contributed by atoms with Crippen molar-refractivity contribution in [2.24, 2.45) is 0 Å². The van der Waals surface area contributed by atoms with Crippen molar-refractivity contribution in [3.8, 4) is 0 Å². The van der Waals surface area contributed by atoms with Gasteiger partial charge in [-0.15, -0.1) is 0 Å². The standard InChI is InChI=1S/3C3H7O2.Pr/c3*1-3(4)5-2;/h3*3H,1-2H3;/q3*-1;+3. The van der Waals surface area contributed by atoms with E-state index < -0.39 is 18.9 Å². The molecule has 0 N–H and O–H groups in total. The number of hydrogen-bond donors (Lipinski definition) is 0. The van der Waals surface area contributed by atoms with Crippen molar-refractivity contribution in [1.82, 2.24) is 0 Å². The van der Waals surface area contributed by atoms with Gasteiger partial charge < -0.3 is 29.5 Å². The number of ether oxygens (including phenoxy) is 3. The Labute approximate surface area is 131 Å². The van der Waals surface area contributed by atoms with Gasteiger partial charge in [0.25, 0.3) is 0 Å². The first-order valence-corrected chi connectivity index (χ1v) is 4.37. The third-order valence-electron chi connectivity index (χ3n) is 0.996. The molecule has 0 saturated carbocycles. The van der Waals surface area contributed by atoms with Gasteiger partial charge >= 0.3 is 41.3 Å². The monoisotopic (exact) mass is 366 g/mol. The zero-order valence-corrected chi connectivity index (χ0v) is 14.5. The molecule has 0 aromatic heterocycles. The Kier molecular flexibility index (Phi) is 34.6. The van der Waals surface area contributed by atoms with Crippen LogP contribution in [0, 0.1) is 41.3 Å². The Morgan fingerprint density at radius 3 is 0.688 bits per heavy atom. The summed E-state index contributed by atoms with van der Waals surface area (Å²) in [5, 5.41) is 29.0. The van der Waals surface area contributed by atoms with Crippen LogP contribution in [0.15, 0.2) is 0 Å². The summed E-state index contributed by atoms with van der Waals surface area (Å²) in [6.45, 7) is 4.33. The molecule has 96 valence electrons. The van der Waals surface area contributed by atoms with Crippen molar-refractivity contribution in [1.29, 1.82) is 0 Å². The Balaban J connectivity index is -0.0000000655. The second-order valence-electron chi connectivity index (χ2n) is 2.41. The Hall–Kier alpha value is 1.12. The third kappa shape index (κ3) is 59.4. The second-order valence-corrected chi connectivity index (χ2v) is 2.41. The van der Waals surface area contributed by atoms with E-state index in [0.717, 1.165) is 0 Å². The van der Waals surface area contributed by atoms with E-state index in [9.17, 15) is 15.3 Å². The first-order chi connectivity index (χ1) is 6.81. The summed E-state index contributed by atoms with van der Waals surface area (Å²) in [7, 11) is 4.16. The van der Waals surface area contributed by atoms with Gasteiger partial charge in [-0.25, -0.2) is 0 Å². The van der Waals surface area contributed by atoms with E-state index >= 15 is 0 Å². The molecular weight excluding hydrogens is 345 g/mol. The van der Waals surface area contributed by atoms with Gasteiger partial charge in [0.1, 0.15) is 0 Å². The minimum atomic E-state index is -0.866. The van der Waals surface area contributed by atoms with Crippen molar-refractivity contribution in [2.45, 2.75) is 39.6 Å². The van der Waals surface area contributed by atoms with Gasteiger partial charge in [-0.1, -0.05) is 20.8 Å². The molecule has 7 heteroatoms. The first kappa shape index (κ1) is 25.8. The second kappa shape index (κ2) is 21.4. The molecule has 3 atom stereocenters. The summed E-state index contributed by atoms with van der Waals surface area (Å²) in [6, 6.07) is 0. The molecule has 0 bridgehead atoms. The molecule has 0 aliphatic rings. The normalized spacial score (nSPS) is 14.1. The van der Waals surface area contributed by atoms with Crippen LogP contribution in [0.25, 0.3) is 0 Å². The van der Waals surface area contributed by atoms with Gasteiger partial charge in [-0.2, -0.15) is 0 Å². The van der Waals surface area contributed by atoms with E-state index in [1.54, 1.807) is 0 Å². The first-order valence-electron chi connectivity index (χ1n) is 4.37. The van der Waals surface area contributed by atoms with E-state index in [0.29, 0.717) is 0 Å². The van der Waals surface area contributed by atoms with Gasteiger partial charge in [-0.05, 0) is 18.9 Å². The maximum absolute atomic E-state index is 9.67. The molecule has 0 fully saturated rings. The molecule has 0 amide bonds. The molecule has 6 nitrogen and oxygen atoms in total. The summed E-state index contributed by atoms with van der Waals surface area (Å²) < 4.78 is 12.6. The molecule has 0 aliphatic carbocycles. The molecule has 0 aliphatic heterocycles. The fourth-order valence-corrected chi connectivity index (χ4v) is 0. The van der Waals surface area contributed by atoms with E-state index in [2.05, 4.69) is 14.2 Å². The van der Waals surface area contributed by atoms with Crippen LogP contribution in [-0.2, 0) is 14.2 Å². The smallest absolute Gasteiger partial charge is 0.831 e. The van der Waals surface area contributed by atoms with Crippen molar-refractivity contribution < 1.29 is 70.8 Å². The average molecular weight is 366 g/mol. The van der Waals surface area contributed by atoms with Gasteiger partial charge in [0, 0.05) is 21.3 Å². The summed E-state index contributed by atoms with van der Waals surface area (Å²) in [5.74, 6) is 0. The summed E-state index contributed by atoms with van der Waals surface area (Å²) in [5.41, 5.74) is 0. The van der Waals surface area contributed by atoms with Crippen molar-refractivity contribution in [3.63, 3.8) is 0 Å². The molecule has 0 saturated heterocycles.